The molecule has 0 amide bonds. The zero-order valence-electron chi connectivity index (χ0n) is 13.8. The highest BCUT2D eigenvalue weighted by molar-refractivity contribution is 7.11. The van der Waals surface area contributed by atoms with Gasteiger partial charge in [-0.3, -0.25) is 0 Å². The minimum Gasteiger partial charge on any atom is -0.481 e. The molecule has 0 fully saturated rings. The van der Waals surface area contributed by atoms with Crippen molar-refractivity contribution in [3.8, 4) is 5.88 Å². The highest BCUT2D eigenvalue weighted by Crippen LogP contribution is 2.12. The van der Waals surface area contributed by atoms with Gasteiger partial charge in [-0.1, -0.05) is 13.0 Å². The van der Waals surface area contributed by atoms with E-state index in [9.17, 15) is 0 Å². The number of ether oxygens (including phenoxy) is 1. The number of hydrogen-bond donors (Lipinski definition) is 2. The van der Waals surface area contributed by atoms with E-state index in [0.29, 0.717) is 19.0 Å². The molecule has 0 saturated heterocycles. The highest BCUT2D eigenvalue weighted by atomic mass is 32.1. The molecular weight excluding hydrogens is 310 g/mol. The van der Waals surface area contributed by atoms with Gasteiger partial charge in [-0.05, 0) is 18.9 Å². The smallest absolute Gasteiger partial charge is 0.212 e. The number of hydrogen-bond acceptors (Lipinski definition) is 5. The molecule has 2 N–H and O–H groups in total. The first-order valence-corrected chi connectivity index (χ1v) is 8.51. The number of pyridine rings is 1. The van der Waals surface area contributed by atoms with Gasteiger partial charge in [0.2, 0.25) is 5.88 Å². The first-order chi connectivity index (χ1) is 11.2. The van der Waals surface area contributed by atoms with E-state index in [1.54, 1.807) is 24.6 Å². The number of methoxy groups -OCH3 is 1. The second-order valence-corrected chi connectivity index (χ2v) is 6.03. The van der Waals surface area contributed by atoms with E-state index in [1.807, 2.05) is 25.3 Å². The van der Waals surface area contributed by atoms with E-state index in [1.165, 1.54) is 4.88 Å². The fourth-order valence-electron chi connectivity index (χ4n) is 1.89. The van der Waals surface area contributed by atoms with Crippen molar-refractivity contribution in [2.45, 2.75) is 33.4 Å². The monoisotopic (exact) mass is 333 g/mol. The van der Waals surface area contributed by atoms with Gasteiger partial charge < -0.3 is 15.4 Å². The zero-order valence-corrected chi connectivity index (χ0v) is 14.6. The summed E-state index contributed by atoms with van der Waals surface area (Å²) >= 11 is 1.73. The van der Waals surface area contributed by atoms with Crippen molar-refractivity contribution in [2.24, 2.45) is 4.99 Å². The van der Waals surface area contributed by atoms with Crippen LogP contribution in [-0.4, -0.2) is 29.6 Å². The summed E-state index contributed by atoms with van der Waals surface area (Å²) in [5, 5.41) is 7.61. The number of aryl methyl sites for hydroxylation is 1. The summed E-state index contributed by atoms with van der Waals surface area (Å²) in [7, 11) is 1.61. The molecule has 0 aliphatic rings. The Morgan fingerprint density at radius 2 is 2.09 bits per heavy atom. The fourth-order valence-corrected chi connectivity index (χ4v) is 2.69. The Kier molecular flexibility index (Phi) is 6.80. The standard InChI is InChI=1S/C16H23N5OS/c1-4-13-10-19-15(23-13)11-21-16(17-5-2)20-9-12-6-7-14(22-3)18-8-12/h6-8,10H,4-5,9,11H2,1-3H3,(H2,17,20,21). The van der Waals surface area contributed by atoms with Gasteiger partial charge in [0.25, 0.3) is 0 Å². The van der Waals surface area contributed by atoms with Crippen LogP contribution in [-0.2, 0) is 19.5 Å². The second kappa shape index (κ2) is 9.09. The third kappa shape index (κ3) is 5.52. The van der Waals surface area contributed by atoms with E-state index in [0.717, 1.165) is 29.5 Å². The predicted octanol–water partition coefficient (Wildman–Crippen LogP) is 2.36. The van der Waals surface area contributed by atoms with Crippen molar-refractivity contribution in [1.82, 2.24) is 20.6 Å². The van der Waals surface area contributed by atoms with Gasteiger partial charge in [-0.15, -0.1) is 11.3 Å². The van der Waals surface area contributed by atoms with Gasteiger partial charge in [0, 0.05) is 29.9 Å². The SMILES string of the molecule is CCNC(=NCc1ccc(OC)nc1)NCc1ncc(CC)s1. The van der Waals surface area contributed by atoms with Crippen molar-refractivity contribution in [3.63, 3.8) is 0 Å². The summed E-state index contributed by atoms with van der Waals surface area (Å²) in [5.41, 5.74) is 1.03. The Morgan fingerprint density at radius 3 is 2.70 bits per heavy atom. The van der Waals surface area contributed by atoms with Crippen molar-refractivity contribution in [3.05, 3.63) is 40.0 Å². The number of aliphatic imine (C=N–C) groups is 1. The van der Waals surface area contributed by atoms with Gasteiger partial charge in [-0.2, -0.15) is 0 Å². The minimum absolute atomic E-state index is 0.560. The largest absolute Gasteiger partial charge is 0.481 e. The molecule has 23 heavy (non-hydrogen) atoms. The summed E-state index contributed by atoms with van der Waals surface area (Å²) in [5.74, 6) is 1.38. The van der Waals surface area contributed by atoms with Crippen LogP contribution in [0.25, 0.3) is 0 Å². The molecular formula is C16H23N5OS. The lowest BCUT2D eigenvalue weighted by Crippen LogP contribution is -2.36. The molecule has 2 rings (SSSR count). The fraction of sp³-hybridized carbons (Fsp3) is 0.438. The van der Waals surface area contributed by atoms with Crippen LogP contribution < -0.4 is 15.4 Å². The molecule has 7 heteroatoms. The first-order valence-electron chi connectivity index (χ1n) is 7.69. The molecule has 0 aliphatic heterocycles. The molecule has 6 nitrogen and oxygen atoms in total. The van der Waals surface area contributed by atoms with Crippen molar-refractivity contribution >= 4 is 17.3 Å². The molecule has 0 spiro atoms. The third-order valence-corrected chi connectivity index (χ3v) is 4.27. The number of rotatable bonds is 7. The summed E-state index contributed by atoms with van der Waals surface area (Å²) in [6, 6.07) is 3.81. The van der Waals surface area contributed by atoms with Gasteiger partial charge in [0.1, 0.15) is 5.01 Å². The third-order valence-electron chi connectivity index (χ3n) is 3.13. The van der Waals surface area contributed by atoms with Gasteiger partial charge >= 0.3 is 0 Å². The lowest BCUT2D eigenvalue weighted by atomic mass is 10.3. The molecule has 2 heterocycles. The predicted molar refractivity (Wildman–Crippen MR) is 93.9 cm³/mol. The van der Waals surface area contributed by atoms with Crippen LogP contribution in [0.15, 0.2) is 29.5 Å². The topological polar surface area (TPSA) is 71.4 Å². The first kappa shape index (κ1) is 17.2. The van der Waals surface area contributed by atoms with Crippen molar-refractivity contribution in [2.75, 3.05) is 13.7 Å². The average molecular weight is 333 g/mol. The summed E-state index contributed by atoms with van der Waals surface area (Å²) < 4.78 is 5.05. The van der Waals surface area contributed by atoms with Crippen LogP contribution in [0.2, 0.25) is 0 Å². The normalized spacial score (nSPS) is 11.3. The van der Waals surface area contributed by atoms with E-state index in [2.05, 4.69) is 32.5 Å². The number of guanidine groups is 1. The Balaban J connectivity index is 1.93. The van der Waals surface area contributed by atoms with Crippen LogP contribution in [0.1, 0.15) is 29.3 Å². The maximum atomic E-state index is 5.05. The number of thiazole rings is 1. The molecule has 2 aromatic heterocycles. The van der Waals surface area contributed by atoms with Gasteiger partial charge in [0.05, 0.1) is 20.2 Å². The quantitative estimate of drug-likeness (QED) is 0.601. The van der Waals surface area contributed by atoms with E-state index in [4.69, 9.17) is 4.74 Å². The maximum absolute atomic E-state index is 5.05. The van der Waals surface area contributed by atoms with Crippen LogP contribution in [0.5, 0.6) is 5.88 Å². The molecule has 0 atom stereocenters. The summed E-state index contributed by atoms with van der Waals surface area (Å²) in [6.07, 6.45) is 4.74. The van der Waals surface area contributed by atoms with Crippen LogP contribution in [0.3, 0.4) is 0 Å². The van der Waals surface area contributed by atoms with Crippen molar-refractivity contribution in [1.29, 1.82) is 0 Å². The van der Waals surface area contributed by atoms with Crippen LogP contribution in [0, 0.1) is 0 Å². The van der Waals surface area contributed by atoms with E-state index in [-0.39, 0.29) is 0 Å². The summed E-state index contributed by atoms with van der Waals surface area (Å²) in [4.78, 5) is 14.5. The van der Waals surface area contributed by atoms with Crippen LogP contribution in [0.4, 0.5) is 0 Å². The van der Waals surface area contributed by atoms with Gasteiger partial charge in [0.15, 0.2) is 5.96 Å². The van der Waals surface area contributed by atoms with Crippen LogP contribution >= 0.6 is 11.3 Å². The van der Waals surface area contributed by atoms with Crippen molar-refractivity contribution < 1.29 is 4.74 Å². The Labute approximate surface area is 141 Å². The molecule has 0 radical (unpaired) electrons. The summed E-state index contributed by atoms with van der Waals surface area (Å²) in [6.45, 7) is 6.23. The molecule has 0 unspecified atom stereocenters. The lowest BCUT2D eigenvalue weighted by Gasteiger charge is -2.10. The number of nitrogens with zero attached hydrogens (tertiary/aromatic N) is 3. The molecule has 0 saturated carbocycles. The van der Waals surface area contributed by atoms with E-state index < -0.39 is 0 Å². The second-order valence-electron chi connectivity index (χ2n) is 4.83. The Hall–Kier alpha value is -2.15. The zero-order chi connectivity index (χ0) is 16.5. The maximum Gasteiger partial charge on any atom is 0.212 e. The molecule has 0 aromatic carbocycles. The number of nitrogens with one attached hydrogen (secondary N) is 2. The molecule has 2 aromatic rings. The Morgan fingerprint density at radius 1 is 1.22 bits per heavy atom. The number of aromatic nitrogens is 2. The highest BCUT2D eigenvalue weighted by Gasteiger charge is 2.03. The molecule has 0 bridgehead atoms. The van der Waals surface area contributed by atoms with Gasteiger partial charge in [-0.25, -0.2) is 15.0 Å². The lowest BCUT2D eigenvalue weighted by molar-refractivity contribution is 0.397. The molecule has 124 valence electrons. The van der Waals surface area contributed by atoms with E-state index >= 15 is 0 Å². The average Bonchev–Trinajstić information content (AvgIpc) is 3.06. The Bertz CT molecular complexity index is 624. The minimum atomic E-state index is 0.560. The molecule has 0 aliphatic carbocycles.